The number of ether oxygens (including phenoxy) is 1. The van der Waals surface area contributed by atoms with Crippen molar-refractivity contribution in [3.05, 3.63) is 95.3 Å². The predicted molar refractivity (Wildman–Crippen MR) is 113 cm³/mol. The first-order valence-corrected chi connectivity index (χ1v) is 9.63. The van der Waals surface area contributed by atoms with E-state index in [-0.39, 0.29) is 30.6 Å². The first-order chi connectivity index (χ1) is 14.5. The van der Waals surface area contributed by atoms with E-state index < -0.39 is 0 Å². The SMILES string of the molecule is Cc1cccc(C(=O)NCCC(=O)NCc2ccc(Oc3ccc(F)cc3)cc2)c1. The molecule has 3 aromatic carbocycles. The standard InChI is InChI=1S/C24H23FN2O3/c1-17-3-2-4-19(15-17)24(29)26-14-13-23(28)27-16-18-5-9-21(10-6-18)30-22-11-7-20(25)8-12-22/h2-12,15H,13-14,16H2,1H3,(H,26,29)(H,27,28). The number of benzene rings is 3. The molecule has 0 aromatic heterocycles. The Hall–Kier alpha value is -3.67. The maximum Gasteiger partial charge on any atom is 0.251 e. The molecule has 0 aliphatic heterocycles. The highest BCUT2D eigenvalue weighted by molar-refractivity contribution is 5.94. The zero-order valence-corrected chi connectivity index (χ0v) is 16.7. The Morgan fingerprint density at radius 1 is 0.900 bits per heavy atom. The predicted octanol–water partition coefficient (Wildman–Crippen LogP) is 4.36. The lowest BCUT2D eigenvalue weighted by molar-refractivity contribution is -0.121. The van der Waals surface area contributed by atoms with Crippen LogP contribution in [0.25, 0.3) is 0 Å². The molecule has 2 N–H and O–H groups in total. The van der Waals surface area contributed by atoms with Crippen LogP contribution in [-0.4, -0.2) is 18.4 Å². The van der Waals surface area contributed by atoms with E-state index >= 15 is 0 Å². The van der Waals surface area contributed by atoms with Crippen molar-refractivity contribution in [1.29, 1.82) is 0 Å². The third-order valence-electron chi connectivity index (χ3n) is 4.38. The van der Waals surface area contributed by atoms with Gasteiger partial charge < -0.3 is 15.4 Å². The smallest absolute Gasteiger partial charge is 0.251 e. The molecule has 2 amide bonds. The van der Waals surface area contributed by atoms with Gasteiger partial charge in [-0.25, -0.2) is 4.39 Å². The maximum atomic E-state index is 12.9. The highest BCUT2D eigenvalue weighted by Gasteiger charge is 2.07. The first-order valence-electron chi connectivity index (χ1n) is 9.63. The molecule has 0 spiro atoms. The van der Waals surface area contributed by atoms with E-state index in [9.17, 15) is 14.0 Å². The summed E-state index contributed by atoms with van der Waals surface area (Å²) in [5, 5.41) is 5.57. The van der Waals surface area contributed by atoms with Gasteiger partial charge in [0, 0.05) is 25.1 Å². The van der Waals surface area contributed by atoms with Gasteiger partial charge in [-0.05, 0) is 61.0 Å². The number of hydrogen-bond acceptors (Lipinski definition) is 3. The number of carbonyl (C=O) groups is 2. The molecular weight excluding hydrogens is 383 g/mol. The van der Waals surface area contributed by atoms with Gasteiger partial charge in [0.25, 0.3) is 5.91 Å². The zero-order valence-electron chi connectivity index (χ0n) is 16.7. The highest BCUT2D eigenvalue weighted by atomic mass is 19.1. The van der Waals surface area contributed by atoms with Crippen molar-refractivity contribution in [2.75, 3.05) is 6.54 Å². The van der Waals surface area contributed by atoms with E-state index in [0.717, 1.165) is 11.1 Å². The van der Waals surface area contributed by atoms with Crippen LogP contribution in [0.2, 0.25) is 0 Å². The number of carbonyl (C=O) groups excluding carboxylic acids is 2. The normalized spacial score (nSPS) is 10.3. The molecule has 0 unspecified atom stereocenters. The summed E-state index contributed by atoms with van der Waals surface area (Å²) >= 11 is 0. The third kappa shape index (κ3) is 6.44. The van der Waals surface area contributed by atoms with Crippen molar-refractivity contribution in [1.82, 2.24) is 10.6 Å². The first kappa shape index (κ1) is 21.0. The molecule has 0 atom stereocenters. The van der Waals surface area contributed by atoms with Crippen LogP contribution in [0, 0.1) is 12.7 Å². The number of amides is 2. The van der Waals surface area contributed by atoms with Crippen molar-refractivity contribution >= 4 is 11.8 Å². The molecular formula is C24H23FN2O3. The summed E-state index contributed by atoms with van der Waals surface area (Å²) in [4.78, 5) is 24.1. The average molecular weight is 406 g/mol. The largest absolute Gasteiger partial charge is 0.457 e. The molecule has 0 heterocycles. The van der Waals surface area contributed by atoms with Gasteiger partial charge in [-0.1, -0.05) is 29.8 Å². The Bertz CT molecular complexity index is 1000. The van der Waals surface area contributed by atoms with Gasteiger partial charge in [-0.2, -0.15) is 0 Å². The Kier molecular flexibility index (Phi) is 7.16. The average Bonchev–Trinajstić information content (AvgIpc) is 2.75. The van der Waals surface area contributed by atoms with Crippen LogP contribution in [0.1, 0.15) is 27.9 Å². The quantitative estimate of drug-likeness (QED) is 0.584. The van der Waals surface area contributed by atoms with Crippen LogP contribution in [-0.2, 0) is 11.3 Å². The molecule has 0 aliphatic carbocycles. The number of hydrogen-bond donors (Lipinski definition) is 2. The summed E-state index contributed by atoms with van der Waals surface area (Å²) in [6.45, 7) is 2.57. The number of aryl methyl sites for hydroxylation is 1. The lowest BCUT2D eigenvalue weighted by Crippen LogP contribution is -2.30. The van der Waals surface area contributed by atoms with Crippen LogP contribution >= 0.6 is 0 Å². The summed E-state index contributed by atoms with van der Waals surface area (Å²) < 4.78 is 18.6. The fraction of sp³-hybridized carbons (Fsp3) is 0.167. The highest BCUT2D eigenvalue weighted by Crippen LogP contribution is 2.21. The van der Waals surface area contributed by atoms with Crippen molar-refractivity contribution in [3.63, 3.8) is 0 Å². The molecule has 3 aromatic rings. The fourth-order valence-electron chi connectivity index (χ4n) is 2.78. The minimum absolute atomic E-state index is 0.147. The Morgan fingerprint density at radius 2 is 1.57 bits per heavy atom. The molecule has 0 radical (unpaired) electrons. The topological polar surface area (TPSA) is 67.4 Å². The molecule has 0 saturated carbocycles. The number of nitrogens with one attached hydrogen (secondary N) is 2. The fourth-order valence-corrected chi connectivity index (χ4v) is 2.78. The van der Waals surface area contributed by atoms with Gasteiger partial charge in [0.15, 0.2) is 0 Å². The van der Waals surface area contributed by atoms with Crippen LogP contribution in [0.4, 0.5) is 4.39 Å². The van der Waals surface area contributed by atoms with Gasteiger partial charge >= 0.3 is 0 Å². The molecule has 30 heavy (non-hydrogen) atoms. The summed E-state index contributed by atoms with van der Waals surface area (Å²) in [5.41, 5.74) is 2.51. The molecule has 0 saturated heterocycles. The lowest BCUT2D eigenvalue weighted by atomic mass is 10.1. The van der Waals surface area contributed by atoms with E-state index in [1.54, 1.807) is 36.4 Å². The van der Waals surface area contributed by atoms with Gasteiger partial charge in [0.2, 0.25) is 5.91 Å². The molecule has 3 rings (SSSR count). The monoisotopic (exact) mass is 406 g/mol. The Morgan fingerprint density at radius 3 is 2.23 bits per heavy atom. The number of rotatable bonds is 8. The molecule has 154 valence electrons. The van der Waals surface area contributed by atoms with Crippen LogP contribution < -0.4 is 15.4 Å². The molecule has 6 heteroatoms. The van der Waals surface area contributed by atoms with E-state index in [1.807, 2.05) is 31.2 Å². The van der Waals surface area contributed by atoms with Crippen LogP contribution in [0.15, 0.2) is 72.8 Å². The van der Waals surface area contributed by atoms with Gasteiger partial charge in [0.05, 0.1) is 0 Å². The van der Waals surface area contributed by atoms with Gasteiger partial charge in [-0.3, -0.25) is 9.59 Å². The van der Waals surface area contributed by atoms with Gasteiger partial charge in [0.1, 0.15) is 17.3 Å². The second-order valence-electron chi connectivity index (χ2n) is 6.85. The zero-order chi connectivity index (χ0) is 21.3. The summed E-state index contributed by atoms with van der Waals surface area (Å²) in [5.74, 6) is 0.512. The summed E-state index contributed by atoms with van der Waals surface area (Å²) in [6.07, 6.45) is 0.198. The lowest BCUT2D eigenvalue weighted by Gasteiger charge is -2.09. The van der Waals surface area contributed by atoms with Crippen molar-refractivity contribution in [3.8, 4) is 11.5 Å². The van der Waals surface area contributed by atoms with E-state index in [4.69, 9.17) is 4.74 Å². The van der Waals surface area contributed by atoms with Crippen LogP contribution in [0.5, 0.6) is 11.5 Å². The molecule has 5 nitrogen and oxygen atoms in total. The van der Waals surface area contributed by atoms with E-state index in [1.165, 1.54) is 12.1 Å². The minimum Gasteiger partial charge on any atom is -0.457 e. The summed E-state index contributed by atoms with van der Waals surface area (Å²) in [6, 6.07) is 20.3. The molecule has 0 bridgehead atoms. The molecule has 0 fully saturated rings. The number of halogens is 1. The third-order valence-corrected chi connectivity index (χ3v) is 4.38. The Labute approximate surface area is 174 Å². The second kappa shape index (κ2) is 10.2. The molecule has 0 aliphatic rings. The maximum absolute atomic E-state index is 12.9. The minimum atomic E-state index is -0.317. The Balaban J connectivity index is 1.39. The van der Waals surface area contributed by atoms with E-state index in [0.29, 0.717) is 23.6 Å². The van der Waals surface area contributed by atoms with Crippen molar-refractivity contribution in [2.24, 2.45) is 0 Å². The van der Waals surface area contributed by atoms with Crippen LogP contribution in [0.3, 0.4) is 0 Å². The second-order valence-corrected chi connectivity index (χ2v) is 6.85. The van der Waals surface area contributed by atoms with Gasteiger partial charge in [-0.15, -0.1) is 0 Å². The van der Waals surface area contributed by atoms with Crippen molar-refractivity contribution in [2.45, 2.75) is 19.9 Å². The summed E-state index contributed by atoms with van der Waals surface area (Å²) in [7, 11) is 0. The van der Waals surface area contributed by atoms with Crippen molar-refractivity contribution < 1.29 is 18.7 Å². The van der Waals surface area contributed by atoms with E-state index in [2.05, 4.69) is 10.6 Å².